The maximum Gasteiger partial charge on any atom is 0.274 e. The second kappa shape index (κ2) is 7.57. The highest BCUT2D eigenvalue weighted by molar-refractivity contribution is 6.30. The minimum Gasteiger partial charge on any atom is -0.340 e. The third-order valence-electron chi connectivity index (χ3n) is 5.55. The van der Waals surface area contributed by atoms with E-state index in [0.717, 1.165) is 42.1 Å². The molecule has 8 heteroatoms. The van der Waals surface area contributed by atoms with Crippen molar-refractivity contribution in [2.75, 3.05) is 13.1 Å². The first-order valence-corrected chi connectivity index (χ1v) is 10.3. The molecule has 1 saturated heterocycles. The Hall–Kier alpha value is -3.19. The molecule has 0 aromatic carbocycles. The molecule has 1 atom stereocenters. The van der Waals surface area contributed by atoms with Gasteiger partial charge in [0.2, 0.25) is 0 Å². The summed E-state index contributed by atoms with van der Waals surface area (Å²) in [6, 6.07) is 9.75. The van der Waals surface area contributed by atoms with Crippen molar-refractivity contribution in [1.29, 1.82) is 0 Å². The summed E-state index contributed by atoms with van der Waals surface area (Å²) in [6.07, 6.45) is 9.03. The van der Waals surface area contributed by atoms with Crippen LogP contribution >= 0.6 is 11.6 Å². The van der Waals surface area contributed by atoms with Gasteiger partial charge in [0, 0.05) is 44.1 Å². The van der Waals surface area contributed by atoms with Crippen molar-refractivity contribution in [1.82, 2.24) is 28.8 Å². The number of pyridine rings is 2. The molecular weight excluding hydrogens is 400 g/mol. The average Bonchev–Trinajstić information content (AvgIpc) is 3.39. The van der Waals surface area contributed by atoms with Gasteiger partial charge < -0.3 is 9.47 Å². The van der Waals surface area contributed by atoms with Gasteiger partial charge in [0.05, 0.1) is 28.9 Å². The topological polar surface area (TPSA) is 68.3 Å². The third-order valence-corrected chi connectivity index (χ3v) is 5.78. The number of rotatable bonds is 3. The first-order chi connectivity index (χ1) is 14.6. The molecule has 5 heterocycles. The summed E-state index contributed by atoms with van der Waals surface area (Å²) in [7, 11) is 1.87. The summed E-state index contributed by atoms with van der Waals surface area (Å²) >= 11 is 6.17. The molecular formula is C22H21ClN6O. The summed E-state index contributed by atoms with van der Waals surface area (Å²) in [5, 5.41) is 0.647. The van der Waals surface area contributed by atoms with E-state index in [2.05, 4.69) is 9.97 Å². The van der Waals surface area contributed by atoms with Gasteiger partial charge in [-0.25, -0.2) is 9.97 Å². The molecule has 0 spiro atoms. The van der Waals surface area contributed by atoms with Crippen LogP contribution in [0.3, 0.4) is 0 Å². The SMILES string of the molecule is Cn1cnc(C(=O)N2CCCC(c3cccc(-c4cnc5ccc(Cl)cn45)n3)C2)c1. The van der Waals surface area contributed by atoms with E-state index < -0.39 is 0 Å². The van der Waals surface area contributed by atoms with Crippen LogP contribution in [-0.4, -0.2) is 47.8 Å². The standard InChI is InChI=1S/C22H21ClN6O/c1-27-13-19(25-14-27)22(30)28-9-3-4-15(11-28)17-5-2-6-18(26-17)20-10-24-21-8-7-16(23)12-29(20)21/h2,5-8,10,12-15H,3-4,9,11H2,1H3. The zero-order valence-corrected chi connectivity index (χ0v) is 17.3. The van der Waals surface area contributed by atoms with E-state index in [1.807, 2.05) is 59.1 Å². The Kier molecular flexibility index (Phi) is 4.75. The molecule has 30 heavy (non-hydrogen) atoms. The number of carbonyl (C=O) groups is 1. The summed E-state index contributed by atoms with van der Waals surface area (Å²) < 4.78 is 3.74. The van der Waals surface area contributed by atoms with Crippen LogP contribution in [0.15, 0.2) is 55.2 Å². The lowest BCUT2D eigenvalue weighted by molar-refractivity contribution is 0.0700. The van der Waals surface area contributed by atoms with Crippen LogP contribution < -0.4 is 0 Å². The van der Waals surface area contributed by atoms with Gasteiger partial charge in [0.25, 0.3) is 5.91 Å². The first-order valence-electron chi connectivity index (χ1n) is 9.95. The van der Waals surface area contributed by atoms with Crippen molar-refractivity contribution in [3.8, 4) is 11.4 Å². The zero-order valence-electron chi connectivity index (χ0n) is 16.6. The molecule has 0 N–H and O–H groups in total. The Morgan fingerprint density at radius 1 is 1.17 bits per heavy atom. The van der Waals surface area contributed by atoms with Crippen molar-refractivity contribution in [2.24, 2.45) is 7.05 Å². The van der Waals surface area contributed by atoms with E-state index in [-0.39, 0.29) is 11.8 Å². The van der Waals surface area contributed by atoms with E-state index in [9.17, 15) is 4.79 Å². The Morgan fingerprint density at radius 3 is 2.90 bits per heavy atom. The molecule has 1 fully saturated rings. The van der Waals surface area contributed by atoms with Crippen LogP contribution in [0.1, 0.15) is 34.9 Å². The predicted octanol–water partition coefficient (Wildman–Crippen LogP) is 3.80. The van der Waals surface area contributed by atoms with Crippen LogP contribution in [0, 0.1) is 0 Å². The second-order valence-electron chi connectivity index (χ2n) is 7.68. The number of imidazole rings is 2. The number of aromatic nitrogens is 5. The monoisotopic (exact) mass is 420 g/mol. The van der Waals surface area contributed by atoms with E-state index in [0.29, 0.717) is 17.3 Å². The number of likely N-dealkylation sites (tertiary alicyclic amines) is 1. The Balaban J connectivity index is 1.42. The predicted molar refractivity (Wildman–Crippen MR) is 115 cm³/mol. The van der Waals surface area contributed by atoms with Gasteiger partial charge in [-0.3, -0.25) is 14.2 Å². The normalized spacial score (nSPS) is 16.9. The lowest BCUT2D eigenvalue weighted by atomic mass is 9.94. The van der Waals surface area contributed by atoms with Crippen LogP contribution in [0.25, 0.3) is 17.0 Å². The van der Waals surface area contributed by atoms with Crippen molar-refractivity contribution in [2.45, 2.75) is 18.8 Å². The van der Waals surface area contributed by atoms with Gasteiger partial charge in [0.1, 0.15) is 11.3 Å². The molecule has 7 nitrogen and oxygen atoms in total. The first kappa shape index (κ1) is 18.8. The van der Waals surface area contributed by atoms with Crippen LogP contribution in [-0.2, 0) is 7.05 Å². The van der Waals surface area contributed by atoms with Gasteiger partial charge in [0.15, 0.2) is 0 Å². The van der Waals surface area contributed by atoms with E-state index in [1.54, 1.807) is 17.1 Å². The minimum absolute atomic E-state index is 0.0205. The molecule has 1 aliphatic rings. The van der Waals surface area contributed by atoms with Crippen molar-refractivity contribution < 1.29 is 4.79 Å². The summed E-state index contributed by atoms with van der Waals surface area (Å²) in [5.41, 5.74) is 4.04. The Morgan fingerprint density at radius 2 is 2.07 bits per heavy atom. The van der Waals surface area contributed by atoms with Crippen LogP contribution in [0.2, 0.25) is 5.02 Å². The Bertz CT molecular complexity index is 1230. The zero-order chi connectivity index (χ0) is 20.7. The number of piperidine rings is 1. The molecule has 0 saturated carbocycles. The van der Waals surface area contributed by atoms with Crippen molar-refractivity contribution >= 4 is 23.2 Å². The summed E-state index contributed by atoms with van der Waals surface area (Å²) in [5.74, 6) is 0.169. The van der Waals surface area contributed by atoms with Crippen molar-refractivity contribution in [3.63, 3.8) is 0 Å². The molecule has 5 rings (SSSR count). The number of fused-ring (bicyclic) bond motifs is 1. The highest BCUT2D eigenvalue weighted by Gasteiger charge is 2.27. The second-order valence-corrected chi connectivity index (χ2v) is 8.12. The summed E-state index contributed by atoms with van der Waals surface area (Å²) in [4.78, 5) is 28.3. The fourth-order valence-corrected chi connectivity index (χ4v) is 4.21. The number of halogens is 1. The van der Waals surface area contributed by atoms with E-state index in [1.165, 1.54) is 0 Å². The lowest BCUT2D eigenvalue weighted by Gasteiger charge is -2.32. The number of hydrogen-bond acceptors (Lipinski definition) is 4. The fraction of sp³-hybridized carbons (Fsp3) is 0.273. The molecule has 152 valence electrons. The molecule has 1 unspecified atom stereocenters. The molecule has 1 aliphatic heterocycles. The fourth-order valence-electron chi connectivity index (χ4n) is 4.05. The number of amides is 1. The largest absolute Gasteiger partial charge is 0.340 e. The van der Waals surface area contributed by atoms with Gasteiger partial charge in [-0.1, -0.05) is 17.7 Å². The number of hydrogen-bond donors (Lipinski definition) is 0. The molecule has 4 aromatic heterocycles. The highest BCUT2D eigenvalue weighted by Crippen LogP contribution is 2.29. The molecule has 0 radical (unpaired) electrons. The maximum absolute atomic E-state index is 12.8. The lowest BCUT2D eigenvalue weighted by Crippen LogP contribution is -2.39. The van der Waals surface area contributed by atoms with Gasteiger partial charge in [-0.2, -0.15) is 0 Å². The molecule has 0 bridgehead atoms. The Labute approximate surface area is 179 Å². The number of carbonyl (C=O) groups excluding carboxylic acids is 1. The van der Waals surface area contributed by atoms with Crippen LogP contribution in [0.4, 0.5) is 0 Å². The smallest absolute Gasteiger partial charge is 0.274 e. The van der Waals surface area contributed by atoms with Gasteiger partial charge >= 0.3 is 0 Å². The molecule has 0 aliphatic carbocycles. The highest BCUT2D eigenvalue weighted by atomic mass is 35.5. The third kappa shape index (κ3) is 3.45. The molecule has 4 aromatic rings. The van der Waals surface area contributed by atoms with Crippen LogP contribution in [0.5, 0.6) is 0 Å². The van der Waals surface area contributed by atoms with E-state index in [4.69, 9.17) is 16.6 Å². The summed E-state index contributed by atoms with van der Waals surface area (Å²) in [6.45, 7) is 1.39. The average molecular weight is 421 g/mol. The number of aryl methyl sites for hydroxylation is 1. The van der Waals surface area contributed by atoms with Gasteiger partial charge in [-0.05, 0) is 37.1 Å². The van der Waals surface area contributed by atoms with Gasteiger partial charge in [-0.15, -0.1) is 0 Å². The molecule has 1 amide bonds. The maximum atomic E-state index is 12.8. The minimum atomic E-state index is -0.0205. The quantitative estimate of drug-likeness (QED) is 0.505. The van der Waals surface area contributed by atoms with E-state index >= 15 is 0 Å². The number of nitrogens with zero attached hydrogens (tertiary/aromatic N) is 6. The van der Waals surface area contributed by atoms with Crippen molar-refractivity contribution in [3.05, 3.63) is 71.7 Å².